The molecule has 0 aliphatic carbocycles. The zero-order chi connectivity index (χ0) is 21.3. The van der Waals surface area contributed by atoms with Gasteiger partial charge in [0.15, 0.2) is 0 Å². The van der Waals surface area contributed by atoms with Crippen LogP contribution in [0.5, 0.6) is 0 Å². The van der Waals surface area contributed by atoms with E-state index in [2.05, 4.69) is 64.8 Å². The first-order valence-electron chi connectivity index (χ1n) is 11.5. The lowest BCUT2D eigenvalue weighted by Gasteiger charge is -2.27. The molecule has 3 heteroatoms. The molecular weight excluding hydrogens is 380 g/mol. The van der Waals surface area contributed by atoms with Crippen LogP contribution >= 0.6 is 0 Å². The first kappa shape index (κ1) is 21.3. The van der Waals surface area contributed by atoms with Crippen LogP contribution in [0.1, 0.15) is 51.9 Å². The summed E-state index contributed by atoms with van der Waals surface area (Å²) < 4.78 is 0. The Hall–Kier alpha value is -2.91. The summed E-state index contributed by atoms with van der Waals surface area (Å²) in [5, 5.41) is 3.17. The summed E-state index contributed by atoms with van der Waals surface area (Å²) >= 11 is 0. The molecule has 0 aromatic heterocycles. The number of hydrogen-bond acceptors (Lipinski definition) is 2. The van der Waals surface area contributed by atoms with Gasteiger partial charge in [0.2, 0.25) is 0 Å². The first-order chi connectivity index (χ1) is 15.3. The van der Waals surface area contributed by atoms with E-state index in [1.165, 1.54) is 49.0 Å². The number of likely N-dealkylation sites (tertiary alicyclic amines) is 1. The molecule has 0 saturated carbocycles. The molecule has 1 saturated heterocycles. The fourth-order valence-corrected chi connectivity index (χ4v) is 4.40. The molecule has 0 atom stereocenters. The van der Waals surface area contributed by atoms with Gasteiger partial charge in [-0.25, -0.2) is 0 Å². The minimum Gasteiger partial charge on any atom is -0.348 e. The number of piperidine rings is 1. The lowest BCUT2D eigenvalue weighted by atomic mass is 9.99. The van der Waals surface area contributed by atoms with Gasteiger partial charge in [-0.15, -0.1) is 0 Å². The molecule has 1 heterocycles. The summed E-state index contributed by atoms with van der Waals surface area (Å²) in [6.07, 6.45) is 5.72. The molecule has 1 aliphatic rings. The first-order valence-corrected chi connectivity index (χ1v) is 11.5. The van der Waals surface area contributed by atoms with Crippen LogP contribution < -0.4 is 5.32 Å². The number of benzene rings is 3. The van der Waals surface area contributed by atoms with Gasteiger partial charge in [0.05, 0.1) is 0 Å². The number of carbonyl (C=O) groups is 1. The lowest BCUT2D eigenvalue weighted by molar-refractivity contribution is 0.0949. The van der Waals surface area contributed by atoms with Crippen LogP contribution in [-0.2, 0) is 25.9 Å². The van der Waals surface area contributed by atoms with Gasteiger partial charge in [-0.3, -0.25) is 9.69 Å². The largest absolute Gasteiger partial charge is 0.348 e. The van der Waals surface area contributed by atoms with Crippen LogP contribution in [0.3, 0.4) is 0 Å². The molecule has 160 valence electrons. The summed E-state index contributed by atoms with van der Waals surface area (Å²) in [6.45, 7) is 3.89. The van der Waals surface area contributed by atoms with Crippen molar-refractivity contribution in [1.82, 2.24) is 10.2 Å². The SMILES string of the molecule is O=C(NCc1ccccc1CN1CCCCC1)c1ccccc1CCc1ccccc1. The minimum absolute atomic E-state index is 0.0106. The number of rotatable bonds is 8. The number of nitrogens with zero attached hydrogens (tertiary/aromatic N) is 1. The highest BCUT2D eigenvalue weighted by Crippen LogP contribution is 2.17. The van der Waals surface area contributed by atoms with Gasteiger partial charge >= 0.3 is 0 Å². The third-order valence-electron chi connectivity index (χ3n) is 6.19. The Labute approximate surface area is 186 Å². The lowest BCUT2D eigenvalue weighted by Crippen LogP contribution is -2.30. The van der Waals surface area contributed by atoms with Crippen LogP contribution in [0.2, 0.25) is 0 Å². The van der Waals surface area contributed by atoms with E-state index in [1.54, 1.807) is 0 Å². The van der Waals surface area contributed by atoms with Crippen molar-refractivity contribution in [3.05, 3.63) is 107 Å². The smallest absolute Gasteiger partial charge is 0.251 e. The van der Waals surface area contributed by atoms with E-state index in [0.29, 0.717) is 6.54 Å². The maximum absolute atomic E-state index is 13.0. The normalized spacial score (nSPS) is 14.3. The van der Waals surface area contributed by atoms with Crippen LogP contribution in [0.15, 0.2) is 78.9 Å². The van der Waals surface area contributed by atoms with Crippen molar-refractivity contribution in [3.63, 3.8) is 0 Å². The molecule has 0 radical (unpaired) electrons. The second-order valence-corrected chi connectivity index (χ2v) is 8.43. The molecule has 3 aromatic carbocycles. The van der Waals surface area contributed by atoms with Gasteiger partial charge in [0.1, 0.15) is 0 Å². The summed E-state index contributed by atoms with van der Waals surface area (Å²) in [5.74, 6) is 0.0106. The molecule has 0 unspecified atom stereocenters. The van der Waals surface area contributed by atoms with Crippen molar-refractivity contribution in [2.75, 3.05) is 13.1 Å². The van der Waals surface area contributed by atoms with E-state index >= 15 is 0 Å². The standard InChI is InChI=1S/C28H32N2O/c31-28(27-16-8-7-13-24(27)18-17-23-11-3-1-4-12-23)29-21-25-14-5-6-15-26(25)22-30-19-9-2-10-20-30/h1,3-8,11-16H,2,9-10,17-22H2,(H,29,31). The fourth-order valence-electron chi connectivity index (χ4n) is 4.40. The summed E-state index contributed by atoms with van der Waals surface area (Å²) in [4.78, 5) is 15.6. The molecule has 1 N–H and O–H groups in total. The van der Waals surface area contributed by atoms with Gasteiger partial charge in [0.25, 0.3) is 5.91 Å². The van der Waals surface area contributed by atoms with Gasteiger partial charge in [-0.2, -0.15) is 0 Å². The highest BCUT2D eigenvalue weighted by atomic mass is 16.1. The van der Waals surface area contributed by atoms with Gasteiger partial charge in [-0.1, -0.05) is 79.2 Å². The third-order valence-corrected chi connectivity index (χ3v) is 6.19. The Kier molecular flexibility index (Phi) is 7.51. The van der Waals surface area contributed by atoms with Gasteiger partial charge in [-0.05, 0) is 67.1 Å². The average Bonchev–Trinajstić information content (AvgIpc) is 2.83. The topological polar surface area (TPSA) is 32.3 Å². The van der Waals surface area contributed by atoms with E-state index in [1.807, 2.05) is 24.3 Å². The van der Waals surface area contributed by atoms with E-state index in [4.69, 9.17) is 0 Å². The number of aryl methyl sites for hydroxylation is 2. The van der Waals surface area contributed by atoms with E-state index in [9.17, 15) is 4.79 Å². The van der Waals surface area contributed by atoms with Crippen molar-refractivity contribution in [2.45, 2.75) is 45.2 Å². The number of carbonyl (C=O) groups excluding carboxylic acids is 1. The fraction of sp³-hybridized carbons (Fsp3) is 0.321. The predicted octanol–water partition coefficient (Wildman–Crippen LogP) is 5.39. The monoisotopic (exact) mass is 412 g/mol. The van der Waals surface area contributed by atoms with Gasteiger partial charge in [0, 0.05) is 18.7 Å². The van der Waals surface area contributed by atoms with Crippen LogP contribution in [0.25, 0.3) is 0 Å². The average molecular weight is 413 g/mol. The second kappa shape index (κ2) is 10.9. The molecule has 1 aliphatic heterocycles. The van der Waals surface area contributed by atoms with E-state index < -0.39 is 0 Å². The number of amides is 1. The molecule has 3 nitrogen and oxygen atoms in total. The Morgan fingerprint density at radius 2 is 1.35 bits per heavy atom. The predicted molar refractivity (Wildman–Crippen MR) is 127 cm³/mol. The molecule has 31 heavy (non-hydrogen) atoms. The minimum atomic E-state index is 0.0106. The number of hydrogen-bond donors (Lipinski definition) is 1. The Morgan fingerprint density at radius 1 is 0.710 bits per heavy atom. The molecule has 0 spiro atoms. The maximum Gasteiger partial charge on any atom is 0.251 e. The van der Waals surface area contributed by atoms with Gasteiger partial charge < -0.3 is 5.32 Å². The summed E-state index contributed by atoms with van der Waals surface area (Å²) in [5.41, 5.74) is 5.71. The molecule has 3 aromatic rings. The molecular formula is C28H32N2O. The van der Waals surface area contributed by atoms with Crippen molar-refractivity contribution in [1.29, 1.82) is 0 Å². The van der Waals surface area contributed by atoms with Crippen molar-refractivity contribution < 1.29 is 4.79 Å². The molecule has 1 fully saturated rings. The second-order valence-electron chi connectivity index (χ2n) is 8.43. The van der Waals surface area contributed by atoms with Crippen LogP contribution in [0, 0.1) is 0 Å². The third kappa shape index (κ3) is 6.05. The summed E-state index contributed by atoms with van der Waals surface area (Å²) in [7, 11) is 0. The van der Waals surface area contributed by atoms with Crippen LogP contribution in [0.4, 0.5) is 0 Å². The van der Waals surface area contributed by atoms with Crippen molar-refractivity contribution >= 4 is 5.91 Å². The summed E-state index contributed by atoms with van der Waals surface area (Å²) in [6, 6.07) is 26.9. The zero-order valence-electron chi connectivity index (χ0n) is 18.2. The number of nitrogens with one attached hydrogen (secondary N) is 1. The quantitative estimate of drug-likeness (QED) is 0.538. The van der Waals surface area contributed by atoms with Crippen LogP contribution in [-0.4, -0.2) is 23.9 Å². The maximum atomic E-state index is 13.0. The van der Waals surface area contributed by atoms with E-state index in [-0.39, 0.29) is 5.91 Å². The molecule has 0 bridgehead atoms. The van der Waals surface area contributed by atoms with Crippen molar-refractivity contribution in [2.24, 2.45) is 0 Å². The Bertz CT molecular complexity index is 977. The van der Waals surface area contributed by atoms with Crippen molar-refractivity contribution in [3.8, 4) is 0 Å². The highest BCUT2D eigenvalue weighted by molar-refractivity contribution is 5.95. The van der Waals surface area contributed by atoms with E-state index in [0.717, 1.165) is 30.5 Å². The highest BCUT2D eigenvalue weighted by Gasteiger charge is 2.14. The molecule has 4 rings (SSSR count). The Morgan fingerprint density at radius 3 is 2.13 bits per heavy atom. The Balaban J connectivity index is 1.39. The molecule has 1 amide bonds. The zero-order valence-corrected chi connectivity index (χ0v) is 18.2.